The molecule has 87 heavy (non-hydrogen) atoms. The Balaban J connectivity index is 0.000000243. The van der Waals surface area contributed by atoms with Crippen LogP contribution < -0.4 is 18.9 Å². The first-order chi connectivity index (χ1) is 40.5. The number of carbonyl (C=O) groups excluding carboxylic acids is 6. The number of methoxy groups -OCH3 is 3. The van der Waals surface area contributed by atoms with Crippen LogP contribution in [0.25, 0.3) is 22.1 Å². The third kappa shape index (κ3) is 15.5. The van der Waals surface area contributed by atoms with Gasteiger partial charge in [0.05, 0.1) is 80.7 Å². The molecule has 2 aromatic heterocycles. The third-order valence-electron chi connectivity index (χ3n) is 19.1. The zero-order valence-electron chi connectivity index (χ0n) is 52.9. The monoisotopic (exact) mass is 1270 g/mol. The van der Waals surface area contributed by atoms with Gasteiger partial charge in [0, 0.05) is 68.2 Å². The second-order valence-corrected chi connectivity index (χ2v) is 26.9. The molecule has 6 heterocycles. The van der Waals surface area contributed by atoms with Gasteiger partial charge in [0.25, 0.3) is 0 Å². The third-order valence-corrected chi connectivity index (χ3v) is 19.1. The Morgan fingerprint density at radius 1 is 0.586 bits per heavy atom. The molecule has 12 atom stereocenters. The van der Waals surface area contributed by atoms with Crippen LogP contribution >= 0.6 is 0 Å². The van der Waals surface area contributed by atoms with Crippen LogP contribution in [0.4, 0.5) is 0 Å². The molecule has 4 aromatic rings. The molecule has 472 valence electrons. The topological polar surface area (TPSA) is 225 Å². The summed E-state index contributed by atoms with van der Waals surface area (Å²) >= 11 is 0. The van der Waals surface area contributed by atoms with Gasteiger partial charge in [0.2, 0.25) is 23.6 Å². The minimum Gasteiger partial charge on any atom is -0.540 e. The van der Waals surface area contributed by atoms with E-state index in [-0.39, 0.29) is 98.6 Å². The van der Waals surface area contributed by atoms with Crippen molar-refractivity contribution in [2.24, 2.45) is 46.3 Å². The van der Waals surface area contributed by atoms with Crippen molar-refractivity contribution in [3.05, 3.63) is 47.8 Å². The van der Waals surface area contributed by atoms with E-state index in [2.05, 4.69) is 19.5 Å². The molecule has 0 N–H and O–H groups in total. The van der Waals surface area contributed by atoms with E-state index in [1.54, 1.807) is 26.2 Å². The average molecular weight is 1280 g/mol. The van der Waals surface area contributed by atoms with Gasteiger partial charge in [-0.2, -0.15) is 0 Å². The number of amides is 2. The zero-order valence-corrected chi connectivity index (χ0v) is 55.6. The van der Waals surface area contributed by atoms with Gasteiger partial charge in [0.1, 0.15) is 46.3 Å². The van der Waals surface area contributed by atoms with Gasteiger partial charge in [0.15, 0.2) is 0 Å². The number of aryl methyl sites for hydroxylation is 2. The summed E-state index contributed by atoms with van der Waals surface area (Å²) in [5.74, 6) is -0.546. The van der Waals surface area contributed by atoms with Crippen molar-refractivity contribution < 1.29 is 99.0 Å². The van der Waals surface area contributed by atoms with Crippen molar-refractivity contribution in [3.63, 3.8) is 0 Å². The predicted molar refractivity (Wildman–Crippen MR) is 317 cm³/mol. The molecule has 6 aliphatic rings. The molecule has 2 amide bonds. The van der Waals surface area contributed by atoms with Gasteiger partial charge in [-0.15, -0.1) is 0 Å². The van der Waals surface area contributed by atoms with Crippen LogP contribution in [0.2, 0.25) is 0 Å². The van der Waals surface area contributed by atoms with E-state index in [0.717, 1.165) is 93.1 Å². The molecular weight excluding hydrogens is 1190 g/mol. The van der Waals surface area contributed by atoms with Crippen molar-refractivity contribution in [2.75, 3.05) is 41.0 Å². The molecule has 4 fully saturated rings. The van der Waals surface area contributed by atoms with Crippen molar-refractivity contribution in [1.29, 1.82) is 0 Å². The maximum absolute atomic E-state index is 14.1. The number of hydrogen-bond acceptors (Lipinski definition) is 17. The number of ether oxygens (including phenoxy) is 7. The summed E-state index contributed by atoms with van der Waals surface area (Å²) in [7, 11) is 4.83. The van der Waals surface area contributed by atoms with E-state index in [4.69, 9.17) is 53.1 Å². The van der Waals surface area contributed by atoms with E-state index in [1.807, 2.05) is 91.8 Å². The summed E-state index contributed by atoms with van der Waals surface area (Å²) < 4.78 is 41.5. The van der Waals surface area contributed by atoms with Gasteiger partial charge in [-0.25, -0.2) is 32.5 Å². The average Bonchev–Trinajstić information content (AvgIpc) is 1.70. The number of rotatable bonds is 7. The summed E-state index contributed by atoms with van der Waals surface area (Å²) in [5.41, 5.74) is 2.19. The number of esters is 2. The molecule has 2 aromatic carbocycles. The number of nitrogens with zero attached hydrogens (tertiary/aromatic N) is 6. The summed E-state index contributed by atoms with van der Waals surface area (Å²) in [6, 6.07) is 9.55. The Bertz CT molecular complexity index is 3120. The zero-order chi connectivity index (χ0) is 61.2. The van der Waals surface area contributed by atoms with Crippen LogP contribution in [-0.2, 0) is 92.9 Å². The second-order valence-electron chi connectivity index (χ2n) is 26.9. The van der Waals surface area contributed by atoms with E-state index in [9.17, 15) is 28.8 Å². The van der Waals surface area contributed by atoms with Gasteiger partial charge in [-0.05, 0) is 105 Å². The number of aromatic nitrogens is 4. The Hall–Kier alpha value is -5.33. The van der Waals surface area contributed by atoms with Crippen molar-refractivity contribution in [2.45, 2.75) is 194 Å². The van der Waals surface area contributed by atoms with Crippen LogP contribution in [0.3, 0.4) is 0 Å². The Morgan fingerprint density at radius 2 is 1.00 bits per heavy atom. The molecule has 2 radical (unpaired) electrons. The normalized spacial score (nSPS) is 29.9. The minimum atomic E-state index is -0.815. The Morgan fingerprint density at radius 3 is 1.39 bits per heavy atom. The number of hydrogen-bond donors (Lipinski definition) is 0. The second kappa shape index (κ2) is 28.7. The summed E-state index contributed by atoms with van der Waals surface area (Å²) in [6.07, 6.45) is 14.6. The quantitative estimate of drug-likeness (QED) is 0.124. The SMILES string of the molecule is CC[C@@]12C[C@H]1CCCCCc1nc3ccc(OC)cc3nc1O[C@H]1CN(C(=O)[C@H](C(C)(C)C)CC(=O)O2)[C@H]([C-]=O)[C@@H]1C.COC[C@@]12C[C@H]1CCCCCc1nc3ccc(OC)cc3nc1O[C@H]1CN(C(=O)[C@H](C(C)(C)C)CC(=O)O2)[C@H]([C-]=O)[C@@H]1C.[V].[V]. The molecule has 4 bridgehead atoms. The van der Waals surface area contributed by atoms with Crippen LogP contribution in [0, 0.1) is 46.3 Å². The molecule has 0 unspecified atom stereocenters. The number of benzene rings is 2. The fourth-order valence-corrected chi connectivity index (χ4v) is 13.3. The van der Waals surface area contributed by atoms with E-state index in [0.29, 0.717) is 59.7 Å². The summed E-state index contributed by atoms with van der Waals surface area (Å²) in [5, 5.41) is 0. The molecule has 2 saturated heterocycles. The maximum Gasteiger partial charge on any atom is 0.307 e. The maximum atomic E-state index is 14.1. The first-order valence-corrected chi connectivity index (χ1v) is 30.8. The van der Waals surface area contributed by atoms with E-state index < -0.39 is 64.1 Å². The van der Waals surface area contributed by atoms with Crippen molar-refractivity contribution in [1.82, 2.24) is 29.7 Å². The fraction of sp³-hybridized carbons (Fsp3) is 0.667. The molecule has 10 rings (SSSR count). The number of fused-ring (bicyclic) bond motifs is 10. The Kier molecular flexibility index (Phi) is 22.8. The van der Waals surface area contributed by atoms with Crippen LogP contribution in [0.1, 0.15) is 157 Å². The van der Waals surface area contributed by atoms with Crippen LogP contribution in [-0.4, -0.2) is 143 Å². The molecule has 19 nitrogen and oxygen atoms in total. The molecular formula is C66H88N6O13V2-2. The van der Waals surface area contributed by atoms with Crippen LogP contribution in [0.5, 0.6) is 23.3 Å². The summed E-state index contributed by atoms with van der Waals surface area (Å²) in [4.78, 5) is 102. The summed E-state index contributed by atoms with van der Waals surface area (Å²) in [6.45, 7) is 18.2. The van der Waals surface area contributed by atoms with Gasteiger partial charge < -0.3 is 52.5 Å². The van der Waals surface area contributed by atoms with Gasteiger partial charge in [-0.1, -0.05) is 100 Å². The van der Waals surface area contributed by atoms with Gasteiger partial charge >= 0.3 is 11.9 Å². The largest absolute Gasteiger partial charge is 0.540 e. The first kappa shape index (κ1) is 69.1. The molecule has 2 aliphatic carbocycles. The predicted octanol–water partition coefficient (Wildman–Crippen LogP) is 9.68. The minimum absolute atomic E-state index is 0. The van der Waals surface area contributed by atoms with E-state index in [1.165, 1.54) is 4.90 Å². The van der Waals surface area contributed by atoms with Gasteiger partial charge in [-0.3, -0.25) is 19.2 Å². The fourth-order valence-electron chi connectivity index (χ4n) is 13.3. The standard InChI is InChI=1S/C33H44N3O7.C33H44N3O6.2V/c1-20-27(18-37)36-17-28(20)42-30-25(34-24-13-12-22(41-6)14-26(24)35-30)11-9-7-8-10-21-16-33(21,19-40-5)43-29(38)15-23(31(36)39)32(2,3)4;1-7-33-17-21(33)11-9-8-10-12-25-30(35-26-15-22(40-6)13-14-24(26)34-25)41-28-18-36(27(19-37)20(28)2)31(39)23(32(3,4)5)16-29(38)42-33;;/h12-14,20-21,23,27-28H,7-11,15-17,19H2,1-6H3;13-15,20-21,23,27-28H,7-12,16-18H2,1-6H3;;/q2*-1;;/t20-,21+,23+,27+,28-,33-;20-,21+,23+,27+,28-,33+;;/m00../s1. The Labute approximate surface area is 536 Å². The molecule has 2 saturated carbocycles. The van der Waals surface area contributed by atoms with E-state index >= 15 is 0 Å². The van der Waals surface area contributed by atoms with Crippen LogP contribution in [0.15, 0.2) is 36.4 Å². The van der Waals surface area contributed by atoms with Crippen molar-refractivity contribution >= 4 is 58.4 Å². The molecule has 0 spiro atoms. The van der Waals surface area contributed by atoms with Crippen molar-refractivity contribution in [3.8, 4) is 23.3 Å². The number of carbonyl (C=O) groups is 4. The molecule has 21 heteroatoms. The first-order valence-electron chi connectivity index (χ1n) is 30.8. The molecule has 4 aliphatic heterocycles. The smallest absolute Gasteiger partial charge is 0.307 e.